The molecule has 30 heavy (non-hydrogen) atoms. The zero-order valence-electron chi connectivity index (χ0n) is 16.8. The van der Waals surface area contributed by atoms with Gasteiger partial charge >= 0.3 is 11.6 Å². The topological polar surface area (TPSA) is 117 Å². The van der Waals surface area contributed by atoms with Crippen molar-refractivity contribution < 1.29 is 14.5 Å². The van der Waals surface area contributed by atoms with Crippen LogP contribution in [-0.4, -0.2) is 37.5 Å². The number of methoxy groups -OCH3 is 1. The molecule has 0 radical (unpaired) electrons. The van der Waals surface area contributed by atoms with E-state index in [9.17, 15) is 14.9 Å². The molecule has 0 aliphatic heterocycles. The summed E-state index contributed by atoms with van der Waals surface area (Å²) in [5, 5.41) is 23.0. The van der Waals surface area contributed by atoms with E-state index in [-0.39, 0.29) is 30.4 Å². The Bertz CT molecular complexity index is 1090. The van der Waals surface area contributed by atoms with Crippen molar-refractivity contribution in [2.24, 2.45) is 0 Å². The summed E-state index contributed by atoms with van der Waals surface area (Å²) in [5.74, 6) is -0.338. The fourth-order valence-corrected chi connectivity index (χ4v) is 3.25. The van der Waals surface area contributed by atoms with Gasteiger partial charge in [0.2, 0.25) is 5.91 Å². The normalized spacial score (nSPS) is 10.8. The summed E-state index contributed by atoms with van der Waals surface area (Å²) in [6, 6.07) is 7.51. The third-order valence-corrected chi connectivity index (χ3v) is 4.77. The van der Waals surface area contributed by atoms with Crippen molar-refractivity contribution in [3.8, 4) is 5.88 Å². The lowest BCUT2D eigenvalue weighted by atomic mass is 10.2. The number of amides is 1. The molecule has 1 N–H and O–H groups in total. The molecule has 2 aromatic heterocycles. The molecule has 0 aliphatic rings. The van der Waals surface area contributed by atoms with Gasteiger partial charge < -0.3 is 10.1 Å². The van der Waals surface area contributed by atoms with E-state index in [4.69, 9.17) is 16.3 Å². The summed E-state index contributed by atoms with van der Waals surface area (Å²) >= 11 is 6.04. The molecule has 11 heteroatoms. The minimum Gasteiger partial charge on any atom is -0.475 e. The van der Waals surface area contributed by atoms with Crippen LogP contribution in [0.15, 0.2) is 30.5 Å². The standard InChI is InChI=1S/C19H21ClN6O4/c1-12-18(13(2)25(22-12)10-14-5-4-6-15(20)9-14)21-17(27)7-8-24-11-16(26(28)29)19(23-24)30-3/h4-6,9,11H,7-8,10H2,1-3H3,(H,21,27). The first kappa shape index (κ1) is 21.3. The second-order valence-corrected chi connectivity index (χ2v) is 7.11. The van der Waals surface area contributed by atoms with Gasteiger partial charge in [-0.25, -0.2) is 0 Å². The molecule has 0 aliphatic carbocycles. The number of carbonyl (C=O) groups excluding carboxylic acids is 1. The van der Waals surface area contributed by atoms with Crippen LogP contribution in [0.2, 0.25) is 5.02 Å². The fourth-order valence-electron chi connectivity index (χ4n) is 3.04. The quantitative estimate of drug-likeness (QED) is 0.431. The Morgan fingerprint density at radius 3 is 2.73 bits per heavy atom. The summed E-state index contributed by atoms with van der Waals surface area (Å²) in [6.45, 7) is 4.39. The Morgan fingerprint density at radius 2 is 2.10 bits per heavy atom. The van der Waals surface area contributed by atoms with Gasteiger partial charge in [0.25, 0.3) is 0 Å². The lowest BCUT2D eigenvalue weighted by molar-refractivity contribution is -0.385. The van der Waals surface area contributed by atoms with Crippen LogP contribution in [0.1, 0.15) is 23.4 Å². The van der Waals surface area contributed by atoms with Crippen LogP contribution in [0.4, 0.5) is 11.4 Å². The average molecular weight is 433 g/mol. The minimum atomic E-state index is -0.580. The van der Waals surface area contributed by atoms with E-state index in [2.05, 4.69) is 15.5 Å². The third kappa shape index (κ3) is 4.77. The molecular weight excluding hydrogens is 412 g/mol. The predicted octanol–water partition coefficient (Wildman–Crippen LogP) is 3.34. The number of ether oxygens (including phenoxy) is 1. The number of nitrogens with one attached hydrogen (secondary N) is 1. The molecule has 0 bridgehead atoms. The second kappa shape index (κ2) is 8.95. The number of nitro groups is 1. The fraction of sp³-hybridized carbons (Fsp3) is 0.316. The summed E-state index contributed by atoms with van der Waals surface area (Å²) in [7, 11) is 1.30. The minimum absolute atomic E-state index is 0.0837. The number of hydrogen-bond donors (Lipinski definition) is 1. The number of rotatable bonds is 8. The molecule has 0 atom stereocenters. The summed E-state index contributed by atoms with van der Waals surface area (Å²) in [6.07, 6.45) is 1.33. The third-order valence-electron chi connectivity index (χ3n) is 4.53. The average Bonchev–Trinajstić information content (AvgIpc) is 3.23. The van der Waals surface area contributed by atoms with Crippen molar-refractivity contribution in [2.75, 3.05) is 12.4 Å². The molecule has 1 aromatic carbocycles. The highest BCUT2D eigenvalue weighted by atomic mass is 35.5. The molecule has 0 saturated heterocycles. The van der Waals surface area contributed by atoms with Crippen LogP contribution in [-0.2, 0) is 17.9 Å². The van der Waals surface area contributed by atoms with Gasteiger partial charge in [-0.15, -0.1) is 5.10 Å². The summed E-state index contributed by atoms with van der Waals surface area (Å²) in [5.41, 5.74) is 2.91. The van der Waals surface area contributed by atoms with E-state index in [0.29, 0.717) is 22.9 Å². The Balaban J connectivity index is 1.65. The monoisotopic (exact) mass is 432 g/mol. The van der Waals surface area contributed by atoms with Gasteiger partial charge in [-0.05, 0) is 31.5 Å². The Hall–Kier alpha value is -3.40. The van der Waals surface area contributed by atoms with E-state index in [1.54, 1.807) is 4.68 Å². The van der Waals surface area contributed by atoms with Crippen LogP contribution < -0.4 is 10.1 Å². The van der Waals surface area contributed by atoms with Crippen LogP contribution in [0.3, 0.4) is 0 Å². The van der Waals surface area contributed by atoms with Crippen molar-refractivity contribution >= 4 is 28.9 Å². The Kier molecular flexibility index (Phi) is 6.36. The smallest absolute Gasteiger partial charge is 0.350 e. The molecule has 0 saturated carbocycles. The highest BCUT2D eigenvalue weighted by Gasteiger charge is 2.21. The molecule has 10 nitrogen and oxygen atoms in total. The van der Waals surface area contributed by atoms with Gasteiger partial charge in [0, 0.05) is 11.4 Å². The summed E-state index contributed by atoms with van der Waals surface area (Å²) < 4.78 is 8.01. The number of benzene rings is 1. The zero-order chi connectivity index (χ0) is 21.8. The summed E-state index contributed by atoms with van der Waals surface area (Å²) in [4.78, 5) is 22.8. The lowest BCUT2D eigenvalue weighted by Gasteiger charge is -2.08. The van der Waals surface area contributed by atoms with Crippen LogP contribution in [0, 0.1) is 24.0 Å². The highest BCUT2D eigenvalue weighted by Crippen LogP contribution is 2.24. The second-order valence-electron chi connectivity index (χ2n) is 6.68. The molecule has 0 fully saturated rings. The van der Waals surface area contributed by atoms with Crippen LogP contribution in [0.5, 0.6) is 5.88 Å². The SMILES string of the molecule is COc1nn(CCC(=O)Nc2c(C)nn(Cc3cccc(Cl)c3)c2C)cc1[N+](=O)[O-]. The van der Waals surface area contributed by atoms with Crippen molar-refractivity contribution in [3.63, 3.8) is 0 Å². The maximum atomic E-state index is 12.4. The molecule has 2 heterocycles. The predicted molar refractivity (Wildman–Crippen MR) is 111 cm³/mol. The molecule has 1 amide bonds. The molecule has 158 valence electrons. The van der Waals surface area contributed by atoms with E-state index in [1.165, 1.54) is 18.0 Å². The largest absolute Gasteiger partial charge is 0.475 e. The molecule has 3 aromatic rings. The first-order chi connectivity index (χ1) is 14.3. The van der Waals surface area contributed by atoms with Crippen molar-refractivity contribution in [1.29, 1.82) is 0 Å². The van der Waals surface area contributed by atoms with Crippen LogP contribution >= 0.6 is 11.6 Å². The molecule has 0 unspecified atom stereocenters. The first-order valence-electron chi connectivity index (χ1n) is 9.12. The van der Waals surface area contributed by atoms with E-state index < -0.39 is 4.92 Å². The van der Waals surface area contributed by atoms with Gasteiger partial charge in [0.1, 0.15) is 6.20 Å². The number of carbonyl (C=O) groups is 1. The Labute approximate surface area is 177 Å². The van der Waals surface area contributed by atoms with Gasteiger partial charge in [-0.2, -0.15) is 5.10 Å². The van der Waals surface area contributed by atoms with E-state index in [1.807, 2.05) is 38.1 Å². The van der Waals surface area contributed by atoms with Crippen molar-refractivity contribution in [1.82, 2.24) is 19.6 Å². The maximum Gasteiger partial charge on any atom is 0.350 e. The number of aryl methyl sites for hydroxylation is 2. The highest BCUT2D eigenvalue weighted by molar-refractivity contribution is 6.30. The van der Waals surface area contributed by atoms with Gasteiger partial charge in [-0.1, -0.05) is 23.7 Å². The van der Waals surface area contributed by atoms with Crippen molar-refractivity contribution in [3.05, 3.63) is 62.6 Å². The number of nitrogens with zero attached hydrogens (tertiary/aromatic N) is 5. The number of anilines is 1. The van der Waals surface area contributed by atoms with E-state index in [0.717, 1.165) is 11.3 Å². The number of halogens is 1. The maximum absolute atomic E-state index is 12.4. The van der Waals surface area contributed by atoms with E-state index >= 15 is 0 Å². The van der Waals surface area contributed by atoms with Crippen LogP contribution in [0.25, 0.3) is 0 Å². The van der Waals surface area contributed by atoms with Gasteiger partial charge in [0.05, 0.1) is 42.2 Å². The molecule has 3 rings (SSSR count). The lowest BCUT2D eigenvalue weighted by Crippen LogP contribution is -2.16. The first-order valence-corrected chi connectivity index (χ1v) is 9.50. The number of aromatic nitrogens is 4. The van der Waals surface area contributed by atoms with Crippen molar-refractivity contribution in [2.45, 2.75) is 33.4 Å². The number of hydrogen-bond acceptors (Lipinski definition) is 6. The Morgan fingerprint density at radius 1 is 1.33 bits per heavy atom. The van der Waals surface area contributed by atoms with Gasteiger partial charge in [-0.3, -0.25) is 24.3 Å². The molecule has 0 spiro atoms. The zero-order valence-corrected chi connectivity index (χ0v) is 17.5. The van der Waals surface area contributed by atoms with Gasteiger partial charge in [0.15, 0.2) is 0 Å². The molecular formula is C19H21ClN6O4.